The molecule has 1 aliphatic rings. The first-order valence-corrected chi connectivity index (χ1v) is 7.78. The zero-order valence-corrected chi connectivity index (χ0v) is 13.2. The van der Waals surface area contributed by atoms with Gasteiger partial charge in [-0.15, -0.1) is 0 Å². The van der Waals surface area contributed by atoms with E-state index in [0.717, 1.165) is 23.7 Å². The summed E-state index contributed by atoms with van der Waals surface area (Å²) in [7, 11) is 0. The van der Waals surface area contributed by atoms with E-state index >= 15 is 0 Å². The van der Waals surface area contributed by atoms with Crippen molar-refractivity contribution in [3.8, 4) is 0 Å². The fourth-order valence-electron chi connectivity index (χ4n) is 2.48. The van der Waals surface area contributed by atoms with Gasteiger partial charge in [0.05, 0.1) is 6.10 Å². The third kappa shape index (κ3) is 4.30. The van der Waals surface area contributed by atoms with Gasteiger partial charge in [0.25, 0.3) is 0 Å². The molecule has 3 N–H and O–H groups in total. The number of rotatable bonds is 5. The molecular formula is C15H21BrN2O2. The fraction of sp³-hybridized carbons (Fsp3) is 0.533. The Balaban J connectivity index is 1.82. The number of nitrogens with two attached hydrogens (primary N) is 1. The number of carbonyl (C=O) groups excluding carboxylic acids is 1. The topological polar surface area (TPSA) is 64.4 Å². The molecule has 4 nitrogen and oxygen atoms in total. The second-order valence-electron chi connectivity index (χ2n) is 5.30. The van der Waals surface area contributed by atoms with Crippen molar-refractivity contribution in [2.24, 2.45) is 5.73 Å². The lowest BCUT2D eigenvalue weighted by atomic mass is 10.1. The Bertz CT molecular complexity index is 467. The van der Waals surface area contributed by atoms with Crippen molar-refractivity contribution in [1.29, 1.82) is 0 Å². The van der Waals surface area contributed by atoms with Gasteiger partial charge in [0.1, 0.15) is 6.10 Å². The molecule has 0 aliphatic carbocycles. The van der Waals surface area contributed by atoms with E-state index in [1.165, 1.54) is 5.56 Å². The van der Waals surface area contributed by atoms with Gasteiger partial charge >= 0.3 is 0 Å². The number of ether oxygens (including phenoxy) is 1. The quantitative estimate of drug-likeness (QED) is 0.861. The van der Waals surface area contributed by atoms with Crippen LogP contribution in [0.4, 0.5) is 0 Å². The van der Waals surface area contributed by atoms with Gasteiger partial charge in [-0.25, -0.2) is 0 Å². The van der Waals surface area contributed by atoms with Crippen molar-refractivity contribution in [3.63, 3.8) is 0 Å². The molecule has 0 bridgehead atoms. The maximum absolute atomic E-state index is 12.1. The van der Waals surface area contributed by atoms with Gasteiger partial charge < -0.3 is 15.8 Å². The van der Waals surface area contributed by atoms with E-state index in [9.17, 15) is 4.79 Å². The van der Waals surface area contributed by atoms with Crippen molar-refractivity contribution in [2.75, 3.05) is 6.54 Å². The first kappa shape index (κ1) is 15.5. The minimum Gasteiger partial charge on any atom is -0.364 e. The second kappa shape index (κ2) is 7.20. The van der Waals surface area contributed by atoms with E-state index in [-0.39, 0.29) is 24.2 Å². The second-order valence-corrected chi connectivity index (χ2v) is 6.22. The predicted molar refractivity (Wildman–Crippen MR) is 82.4 cm³/mol. The molecule has 1 fully saturated rings. The molecule has 0 radical (unpaired) electrons. The van der Waals surface area contributed by atoms with Crippen molar-refractivity contribution in [2.45, 2.75) is 44.4 Å². The largest absolute Gasteiger partial charge is 0.364 e. The van der Waals surface area contributed by atoms with Gasteiger partial charge in [0.15, 0.2) is 0 Å². The first-order chi connectivity index (χ1) is 9.58. The molecule has 110 valence electrons. The zero-order valence-electron chi connectivity index (χ0n) is 11.6. The van der Waals surface area contributed by atoms with Gasteiger partial charge in [0, 0.05) is 17.1 Å². The summed E-state index contributed by atoms with van der Waals surface area (Å²) in [5.74, 6) is -0.0246. The van der Waals surface area contributed by atoms with Crippen LogP contribution in [0.15, 0.2) is 28.7 Å². The summed E-state index contributed by atoms with van der Waals surface area (Å²) in [6.07, 6.45) is 2.13. The number of hydrogen-bond acceptors (Lipinski definition) is 3. The van der Waals surface area contributed by atoms with Gasteiger partial charge in [-0.1, -0.05) is 28.1 Å². The average molecular weight is 341 g/mol. The molecule has 0 saturated carbocycles. The minimum absolute atomic E-state index is 0.0246. The van der Waals surface area contributed by atoms with Gasteiger partial charge in [-0.2, -0.15) is 0 Å². The number of nitrogens with one attached hydrogen (secondary N) is 1. The highest BCUT2D eigenvalue weighted by molar-refractivity contribution is 9.10. The van der Waals surface area contributed by atoms with E-state index in [1.54, 1.807) is 0 Å². The maximum Gasteiger partial charge on any atom is 0.249 e. The van der Waals surface area contributed by atoms with E-state index < -0.39 is 0 Å². The van der Waals surface area contributed by atoms with Crippen LogP contribution in [-0.4, -0.2) is 30.7 Å². The molecule has 5 heteroatoms. The van der Waals surface area contributed by atoms with Crippen molar-refractivity contribution in [1.82, 2.24) is 5.32 Å². The summed E-state index contributed by atoms with van der Waals surface area (Å²) in [6.45, 7) is 2.49. The summed E-state index contributed by atoms with van der Waals surface area (Å²) in [4.78, 5) is 12.1. The molecule has 20 heavy (non-hydrogen) atoms. The molecule has 1 heterocycles. The van der Waals surface area contributed by atoms with Gasteiger partial charge in [-0.3, -0.25) is 4.79 Å². The molecule has 1 amide bonds. The summed E-state index contributed by atoms with van der Waals surface area (Å²) in [6, 6.07) is 8.20. The zero-order chi connectivity index (χ0) is 14.5. The van der Waals surface area contributed by atoms with E-state index in [1.807, 2.05) is 19.1 Å². The SMILES string of the molecule is CC(Cc1cccc(Br)c1)NC(=O)[C@@H]1CC[C@H](CN)O1. The number of amides is 1. The monoisotopic (exact) mass is 340 g/mol. The van der Waals surface area contributed by atoms with Gasteiger partial charge in [0.2, 0.25) is 5.91 Å². The van der Waals surface area contributed by atoms with E-state index in [0.29, 0.717) is 6.54 Å². The summed E-state index contributed by atoms with van der Waals surface area (Å²) >= 11 is 3.45. The van der Waals surface area contributed by atoms with Crippen LogP contribution >= 0.6 is 15.9 Å². The molecule has 1 aromatic carbocycles. The molecule has 2 rings (SSSR count). The highest BCUT2D eigenvalue weighted by atomic mass is 79.9. The van der Waals surface area contributed by atoms with Crippen molar-refractivity contribution in [3.05, 3.63) is 34.3 Å². The molecule has 0 aromatic heterocycles. The molecule has 1 saturated heterocycles. The molecule has 1 aromatic rings. The lowest BCUT2D eigenvalue weighted by molar-refractivity contribution is -0.132. The highest BCUT2D eigenvalue weighted by Crippen LogP contribution is 2.19. The molecule has 3 atom stereocenters. The fourth-order valence-corrected chi connectivity index (χ4v) is 2.92. The highest BCUT2D eigenvalue weighted by Gasteiger charge is 2.30. The van der Waals surface area contributed by atoms with Crippen molar-refractivity contribution < 1.29 is 9.53 Å². The Hall–Kier alpha value is -0.910. The summed E-state index contributed by atoms with van der Waals surface area (Å²) in [5, 5.41) is 3.01. The Morgan fingerprint density at radius 3 is 3.00 bits per heavy atom. The third-order valence-electron chi connectivity index (χ3n) is 3.48. The molecule has 0 spiro atoms. The lowest BCUT2D eigenvalue weighted by Crippen LogP contribution is -2.41. The molecule has 1 aliphatic heterocycles. The van der Waals surface area contributed by atoms with Crippen molar-refractivity contribution >= 4 is 21.8 Å². The Morgan fingerprint density at radius 1 is 1.55 bits per heavy atom. The number of halogens is 1. The number of carbonyl (C=O) groups is 1. The van der Waals surface area contributed by atoms with E-state index in [4.69, 9.17) is 10.5 Å². The lowest BCUT2D eigenvalue weighted by Gasteiger charge is -2.18. The summed E-state index contributed by atoms with van der Waals surface area (Å²) in [5.41, 5.74) is 6.75. The van der Waals surface area contributed by atoms with Crippen LogP contribution in [0.25, 0.3) is 0 Å². The third-order valence-corrected chi connectivity index (χ3v) is 3.98. The standard InChI is InChI=1S/C15H21BrN2O2/c1-10(7-11-3-2-4-12(16)8-11)18-15(19)14-6-5-13(9-17)20-14/h2-4,8,10,13-14H,5-7,9,17H2,1H3,(H,18,19)/t10?,13-,14+/m1/s1. The van der Waals surface area contributed by atoms with Crippen LogP contribution in [0, 0.1) is 0 Å². The molecular weight excluding hydrogens is 320 g/mol. The maximum atomic E-state index is 12.1. The smallest absolute Gasteiger partial charge is 0.249 e. The Morgan fingerprint density at radius 2 is 2.35 bits per heavy atom. The predicted octanol–water partition coefficient (Wildman–Crippen LogP) is 2.00. The van der Waals surface area contributed by atoms with Crippen LogP contribution in [0.3, 0.4) is 0 Å². The normalized spacial score (nSPS) is 23.6. The van der Waals surface area contributed by atoms with Crippen LogP contribution in [0.5, 0.6) is 0 Å². The number of hydrogen-bond donors (Lipinski definition) is 2. The van der Waals surface area contributed by atoms with E-state index in [2.05, 4.69) is 33.4 Å². The average Bonchev–Trinajstić information content (AvgIpc) is 2.87. The first-order valence-electron chi connectivity index (χ1n) is 6.99. The van der Waals surface area contributed by atoms with Crippen LogP contribution in [0.2, 0.25) is 0 Å². The van der Waals surface area contributed by atoms with Crippen LogP contribution in [-0.2, 0) is 16.0 Å². The minimum atomic E-state index is -0.339. The Labute approximate surface area is 128 Å². The van der Waals surface area contributed by atoms with Crippen LogP contribution < -0.4 is 11.1 Å². The molecule has 1 unspecified atom stereocenters. The Kier molecular flexibility index (Phi) is 5.57. The number of benzene rings is 1. The summed E-state index contributed by atoms with van der Waals surface area (Å²) < 4.78 is 6.65. The van der Waals surface area contributed by atoms with Gasteiger partial charge in [-0.05, 0) is 43.9 Å². The van der Waals surface area contributed by atoms with Crippen LogP contribution in [0.1, 0.15) is 25.3 Å².